The zero-order valence-corrected chi connectivity index (χ0v) is 11.7. The molecule has 0 aromatic heterocycles. The number of nitrogens with one attached hydrogen (secondary N) is 1. The number of nitrogens with zero attached hydrogens (tertiary/aromatic N) is 1. The van der Waals surface area contributed by atoms with Crippen LogP contribution in [-0.4, -0.2) is 48.8 Å². The smallest absolute Gasteiger partial charge is 0.0637 e. The van der Waals surface area contributed by atoms with E-state index in [1.54, 1.807) is 7.11 Å². The average Bonchev–Trinajstić information content (AvgIpc) is 2.15. The second kappa shape index (κ2) is 5.48. The van der Waals surface area contributed by atoms with E-state index in [2.05, 4.69) is 44.8 Å². The van der Waals surface area contributed by atoms with Gasteiger partial charge in [0.25, 0.3) is 0 Å². The van der Waals surface area contributed by atoms with Crippen LogP contribution in [0.5, 0.6) is 0 Å². The van der Waals surface area contributed by atoms with Gasteiger partial charge in [0.2, 0.25) is 0 Å². The molecule has 3 unspecified atom stereocenters. The van der Waals surface area contributed by atoms with Gasteiger partial charge < -0.3 is 10.1 Å². The minimum atomic E-state index is -0.0171. The van der Waals surface area contributed by atoms with Crippen molar-refractivity contribution >= 4 is 0 Å². The molecule has 1 rings (SSSR count). The van der Waals surface area contributed by atoms with Gasteiger partial charge in [0.15, 0.2) is 0 Å². The molecule has 0 saturated carbocycles. The molecule has 0 aromatic rings. The van der Waals surface area contributed by atoms with Gasteiger partial charge in [-0.15, -0.1) is 0 Å². The third kappa shape index (κ3) is 4.04. The molecule has 16 heavy (non-hydrogen) atoms. The van der Waals surface area contributed by atoms with E-state index in [1.807, 2.05) is 0 Å². The molecule has 1 aliphatic rings. The Morgan fingerprint density at radius 3 is 2.25 bits per heavy atom. The SMILES string of the molecule is COC(C)(C)CC(C)N1CC(C)NC(C)C1. The van der Waals surface area contributed by atoms with Crippen molar-refractivity contribution < 1.29 is 4.74 Å². The van der Waals surface area contributed by atoms with Gasteiger partial charge in [-0.3, -0.25) is 4.90 Å². The van der Waals surface area contributed by atoms with Crippen molar-refractivity contribution in [2.45, 2.75) is 64.8 Å². The quantitative estimate of drug-likeness (QED) is 0.795. The van der Waals surface area contributed by atoms with Crippen LogP contribution >= 0.6 is 0 Å². The highest BCUT2D eigenvalue weighted by Crippen LogP contribution is 2.20. The molecule has 1 N–H and O–H groups in total. The molecule has 1 heterocycles. The number of methoxy groups -OCH3 is 1. The molecule has 1 aliphatic heterocycles. The normalized spacial score (nSPS) is 30.4. The molecule has 0 aliphatic carbocycles. The zero-order chi connectivity index (χ0) is 12.3. The predicted octanol–water partition coefficient (Wildman–Crippen LogP) is 1.87. The van der Waals surface area contributed by atoms with Crippen LogP contribution in [0.25, 0.3) is 0 Å². The van der Waals surface area contributed by atoms with Crippen molar-refractivity contribution in [1.29, 1.82) is 0 Å². The van der Waals surface area contributed by atoms with Gasteiger partial charge in [-0.25, -0.2) is 0 Å². The highest BCUT2D eigenvalue weighted by atomic mass is 16.5. The fourth-order valence-corrected chi connectivity index (χ4v) is 2.65. The Morgan fingerprint density at radius 1 is 1.31 bits per heavy atom. The third-order valence-electron chi connectivity index (χ3n) is 3.55. The maximum absolute atomic E-state index is 5.51. The van der Waals surface area contributed by atoms with E-state index in [4.69, 9.17) is 4.74 Å². The summed E-state index contributed by atoms with van der Waals surface area (Å²) in [6, 6.07) is 1.77. The van der Waals surface area contributed by atoms with Gasteiger partial charge in [0.05, 0.1) is 5.60 Å². The number of hydrogen-bond acceptors (Lipinski definition) is 3. The molecule has 0 bridgehead atoms. The highest BCUT2D eigenvalue weighted by molar-refractivity contribution is 4.86. The van der Waals surface area contributed by atoms with E-state index in [0.717, 1.165) is 19.5 Å². The van der Waals surface area contributed by atoms with Crippen LogP contribution in [0, 0.1) is 0 Å². The van der Waals surface area contributed by atoms with Crippen LogP contribution in [0.2, 0.25) is 0 Å². The topological polar surface area (TPSA) is 24.5 Å². The fraction of sp³-hybridized carbons (Fsp3) is 1.00. The van der Waals surface area contributed by atoms with Crippen LogP contribution in [0.4, 0.5) is 0 Å². The van der Waals surface area contributed by atoms with Crippen LogP contribution < -0.4 is 5.32 Å². The number of piperazine rings is 1. The van der Waals surface area contributed by atoms with Crippen LogP contribution in [0.15, 0.2) is 0 Å². The second-order valence-corrected chi connectivity index (χ2v) is 5.94. The van der Waals surface area contributed by atoms with Gasteiger partial charge in [-0.2, -0.15) is 0 Å². The van der Waals surface area contributed by atoms with Crippen LogP contribution in [0.1, 0.15) is 41.0 Å². The summed E-state index contributed by atoms with van der Waals surface area (Å²) in [5.41, 5.74) is -0.0171. The summed E-state index contributed by atoms with van der Waals surface area (Å²) in [6.45, 7) is 13.5. The van der Waals surface area contributed by atoms with E-state index in [-0.39, 0.29) is 5.60 Å². The molecule has 0 spiro atoms. The fourth-order valence-electron chi connectivity index (χ4n) is 2.65. The maximum atomic E-state index is 5.51. The van der Waals surface area contributed by atoms with E-state index < -0.39 is 0 Å². The van der Waals surface area contributed by atoms with Gasteiger partial charge in [0.1, 0.15) is 0 Å². The highest BCUT2D eigenvalue weighted by Gasteiger charge is 2.28. The molecule has 3 atom stereocenters. The lowest BCUT2D eigenvalue weighted by Crippen LogP contribution is -2.57. The Kier molecular flexibility index (Phi) is 4.77. The van der Waals surface area contributed by atoms with Crippen molar-refractivity contribution in [3.05, 3.63) is 0 Å². The van der Waals surface area contributed by atoms with Gasteiger partial charge in [-0.1, -0.05) is 0 Å². The number of ether oxygens (including phenoxy) is 1. The number of hydrogen-bond donors (Lipinski definition) is 1. The predicted molar refractivity (Wildman–Crippen MR) is 68.8 cm³/mol. The van der Waals surface area contributed by atoms with Crippen molar-refractivity contribution in [2.24, 2.45) is 0 Å². The molecule has 0 radical (unpaired) electrons. The van der Waals surface area contributed by atoms with Gasteiger partial charge >= 0.3 is 0 Å². The van der Waals surface area contributed by atoms with Crippen LogP contribution in [-0.2, 0) is 4.74 Å². The summed E-state index contributed by atoms with van der Waals surface area (Å²) in [4.78, 5) is 2.58. The molecule has 3 heteroatoms. The van der Waals surface area contributed by atoms with E-state index in [1.165, 1.54) is 0 Å². The van der Waals surface area contributed by atoms with Crippen molar-refractivity contribution in [1.82, 2.24) is 10.2 Å². The first-order valence-corrected chi connectivity index (χ1v) is 6.39. The lowest BCUT2D eigenvalue weighted by Gasteiger charge is -2.41. The van der Waals surface area contributed by atoms with Crippen molar-refractivity contribution in [2.75, 3.05) is 20.2 Å². The minimum absolute atomic E-state index is 0.0171. The van der Waals surface area contributed by atoms with E-state index >= 15 is 0 Å². The van der Waals surface area contributed by atoms with Crippen molar-refractivity contribution in [3.8, 4) is 0 Å². The summed E-state index contributed by atoms with van der Waals surface area (Å²) in [5, 5.41) is 3.57. The lowest BCUT2D eigenvalue weighted by atomic mass is 9.97. The molecule has 96 valence electrons. The Hall–Kier alpha value is -0.120. The molecular weight excluding hydrogens is 200 g/mol. The molecular formula is C13H28N2O. The summed E-state index contributed by atoms with van der Waals surface area (Å²) in [6.07, 6.45) is 1.09. The second-order valence-electron chi connectivity index (χ2n) is 5.94. The summed E-state index contributed by atoms with van der Waals surface area (Å²) in [7, 11) is 1.80. The van der Waals surface area contributed by atoms with E-state index in [0.29, 0.717) is 18.1 Å². The van der Waals surface area contributed by atoms with Crippen molar-refractivity contribution in [3.63, 3.8) is 0 Å². The Bertz CT molecular complexity index is 208. The molecule has 1 saturated heterocycles. The third-order valence-corrected chi connectivity index (χ3v) is 3.55. The minimum Gasteiger partial charge on any atom is -0.379 e. The standard InChI is InChI=1S/C13H28N2O/c1-10-8-15(9-11(2)14-10)12(3)7-13(4,5)16-6/h10-12,14H,7-9H2,1-6H3. The van der Waals surface area contributed by atoms with Gasteiger partial charge in [-0.05, 0) is 41.0 Å². The largest absolute Gasteiger partial charge is 0.379 e. The molecule has 0 aromatic carbocycles. The maximum Gasteiger partial charge on any atom is 0.0637 e. The first-order valence-electron chi connectivity index (χ1n) is 6.39. The van der Waals surface area contributed by atoms with Crippen LogP contribution in [0.3, 0.4) is 0 Å². The number of rotatable bonds is 4. The Morgan fingerprint density at radius 2 is 1.81 bits per heavy atom. The molecule has 0 amide bonds. The molecule has 3 nitrogen and oxygen atoms in total. The Labute approximate surface area is 101 Å². The zero-order valence-electron chi connectivity index (χ0n) is 11.7. The Balaban J connectivity index is 2.50. The lowest BCUT2D eigenvalue weighted by molar-refractivity contribution is -0.0116. The molecule has 1 fully saturated rings. The summed E-state index contributed by atoms with van der Waals surface area (Å²) in [5.74, 6) is 0. The monoisotopic (exact) mass is 228 g/mol. The van der Waals surface area contributed by atoms with Gasteiger partial charge in [0, 0.05) is 38.3 Å². The average molecular weight is 228 g/mol. The van der Waals surface area contributed by atoms with E-state index in [9.17, 15) is 0 Å². The first-order chi connectivity index (χ1) is 7.34. The summed E-state index contributed by atoms with van der Waals surface area (Å²) >= 11 is 0. The first kappa shape index (κ1) is 13.9. The summed E-state index contributed by atoms with van der Waals surface area (Å²) < 4.78 is 5.51.